The summed E-state index contributed by atoms with van der Waals surface area (Å²) in [6, 6.07) is 0.191. The van der Waals surface area contributed by atoms with Gasteiger partial charge in [-0.2, -0.15) is 0 Å². The number of carbonyl (C=O) groups is 1. The Morgan fingerprint density at radius 1 is 1.50 bits per heavy atom. The topological polar surface area (TPSA) is 94.0 Å². The molecule has 1 fully saturated rings. The van der Waals surface area contributed by atoms with Crippen LogP contribution in [-0.2, 0) is 4.79 Å². The molecule has 1 saturated heterocycles. The molecule has 0 aliphatic carbocycles. The first-order valence-electron chi connectivity index (χ1n) is 4.76. The lowest BCUT2D eigenvalue weighted by Gasteiger charge is -2.30. The zero-order valence-corrected chi connectivity index (χ0v) is 8.12. The smallest absolute Gasteiger partial charge is 0.267 e. The molecule has 0 unspecified atom stereocenters. The van der Waals surface area contributed by atoms with E-state index >= 15 is 0 Å². The van der Waals surface area contributed by atoms with Gasteiger partial charge in [0.05, 0.1) is 0 Å². The Balaban J connectivity index is 2.45. The number of nitrogens with zero attached hydrogens (tertiary/aromatic N) is 1. The fourth-order valence-corrected chi connectivity index (χ4v) is 1.48. The van der Waals surface area contributed by atoms with Gasteiger partial charge in [0.25, 0.3) is 5.91 Å². The van der Waals surface area contributed by atoms with Crippen molar-refractivity contribution in [2.45, 2.75) is 25.3 Å². The first kappa shape index (κ1) is 10.8. The molecule has 0 bridgehead atoms. The predicted octanol–water partition coefficient (Wildman–Crippen LogP) is -0.00446. The zero-order valence-electron chi connectivity index (χ0n) is 8.12. The van der Waals surface area contributed by atoms with Crippen LogP contribution in [0.4, 0.5) is 0 Å². The second-order valence-corrected chi connectivity index (χ2v) is 3.52. The van der Waals surface area contributed by atoms with E-state index in [1.165, 1.54) is 0 Å². The first-order valence-corrected chi connectivity index (χ1v) is 4.76. The molecule has 0 aromatic rings. The third-order valence-corrected chi connectivity index (χ3v) is 2.39. The molecule has 0 aromatic heterocycles. The van der Waals surface area contributed by atoms with Crippen molar-refractivity contribution in [3.05, 3.63) is 0 Å². The molecule has 4 N–H and O–H groups in total. The molecule has 0 spiro atoms. The minimum Gasteiger partial charge on any atom is -0.337 e. The van der Waals surface area contributed by atoms with E-state index < -0.39 is 0 Å². The molecular weight excluding hydrogens is 180 g/mol. The van der Waals surface area contributed by atoms with Crippen molar-refractivity contribution < 1.29 is 4.79 Å². The third-order valence-electron chi connectivity index (χ3n) is 2.39. The van der Waals surface area contributed by atoms with Gasteiger partial charge in [0.1, 0.15) is 5.71 Å². The van der Waals surface area contributed by atoms with E-state index in [-0.39, 0.29) is 24.1 Å². The van der Waals surface area contributed by atoms with Crippen molar-refractivity contribution in [3.8, 4) is 0 Å². The standard InChI is InChI=1S/C9H16N4O/c10-4-1-8(12)9(14)13-5-2-7(11)3-6-13/h4,7,10,12H,1-3,5-6,11H2. The highest BCUT2D eigenvalue weighted by atomic mass is 16.2. The Morgan fingerprint density at radius 2 is 2.07 bits per heavy atom. The van der Waals surface area contributed by atoms with Gasteiger partial charge in [-0.1, -0.05) is 0 Å². The van der Waals surface area contributed by atoms with Gasteiger partial charge in [-0.3, -0.25) is 10.2 Å². The van der Waals surface area contributed by atoms with Crippen molar-refractivity contribution in [3.63, 3.8) is 0 Å². The Bertz CT molecular complexity index is 243. The summed E-state index contributed by atoms with van der Waals surface area (Å²) in [6.45, 7) is 1.28. The van der Waals surface area contributed by atoms with Crippen LogP contribution in [0.2, 0.25) is 0 Å². The summed E-state index contributed by atoms with van der Waals surface area (Å²) in [6.07, 6.45) is 2.82. The number of likely N-dealkylation sites (tertiary alicyclic amines) is 1. The summed E-state index contributed by atoms with van der Waals surface area (Å²) in [5, 5.41) is 14.2. The minimum atomic E-state index is -0.250. The molecule has 1 rings (SSSR count). The highest BCUT2D eigenvalue weighted by molar-refractivity contribution is 6.39. The van der Waals surface area contributed by atoms with Crippen LogP contribution >= 0.6 is 0 Å². The summed E-state index contributed by atoms with van der Waals surface area (Å²) < 4.78 is 0. The van der Waals surface area contributed by atoms with Crippen LogP contribution in [-0.4, -0.2) is 41.9 Å². The zero-order chi connectivity index (χ0) is 10.6. The van der Waals surface area contributed by atoms with Crippen molar-refractivity contribution in [1.29, 1.82) is 10.8 Å². The summed E-state index contributed by atoms with van der Waals surface area (Å²) in [5.74, 6) is -0.250. The SMILES string of the molecule is N=CCC(=N)C(=O)N1CCC(N)CC1. The van der Waals surface area contributed by atoms with Crippen LogP contribution in [0.15, 0.2) is 0 Å². The van der Waals surface area contributed by atoms with Crippen LogP contribution in [0, 0.1) is 10.8 Å². The predicted molar refractivity (Wildman–Crippen MR) is 54.9 cm³/mol. The van der Waals surface area contributed by atoms with Crippen molar-refractivity contribution in [1.82, 2.24) is 4.90 Å². The Kier molecular flexibility index (Phi) is 3.76. The van der Waals surface area contributed by atoms with Gasteiger partial charge < -0.3 is 16.0 Å². The lowest BCUT2D eigenvalue weighted by Crippen LogP contribution is -2.45. The van der Waals surface area contributed by atoms with Crippen molar-refractivity contribution in [2.75, 3.05) is 13.1 Å². The van der Waals surface area contributed by atoms with Crippen LogP contribution in [0.1, 0.15) is 19.3 Å². The highest BCUT2D eigenvalue weighted by Crippen LogP contribution is 2.08. The molecule has 1 aliphatic heterocycles. The van der Waals surface area contributed by atoms with E-state index in [1.54, 1.807) is 4.90 Å². The van der Waals surface area contributed by atoms with Gasteiger partial charge in [-0.25, -0.2) is 0 Å². The molecule has 1 aliphatic rings. The molecule has 5 nitrogen and oxygen atoms in total. The van der Waals surface area contributed by atoms with Gasteiger partial charge in [-0.15, -0.1) is 0 Å². The maximum atomic E-state index is 11.6. The molecule has 5 heteroatoms. The largest absolute Gasteiger partial charge is 0.337 e. The third kappa shape index (κ3) is 2.63. The number of piperidine rings is 1. The van der Waals surface area contributed by atoms with Crippen LogP contribution in [0.25, 0.3) is 0 Å². The van der Waals surface area contributed by atoms with Gasteiger partial charge in [0.2, 0.25) is 0 Å². The van der Waals surface area contributed by atoms with Crippen molar-refractivity contribution >= 4 is 17.8 Å². The Morgan fingerprint density at radius 3 is 2.57 bits per heavy atom. The highest BCUT2D eigenvalue weighted by Gasteiger charge is 2.22. The second kappa shape index (κ2) is 4.85. The molecule has 0 aromatic carbocycles. The van der Waals surface area contributed by atoms with Gasteiger partial charge in [0.15, 0.2) is 0 Å². The molecular formula is C9H16N4O. The first-order chi connectivity index (χ1) is 6.65. The molecule has 0 atom stereocenters. The van der Waals surface area contributed by atoms with E-state index in [1.807, 2.05) is 0 Å². The fourth-order valence-electron chi connectivity index (χ4n) is 1.48. The van der Waals surface area contributed by atoms with Crippen LogP contribution in [0.3, 0.4) is 0 Å². The van der Waals surface area contributed by atoms with E-state index in [0.29, 0.717) is 13.1 Å². The van der Waals surface area contributed by atoms with E-state index in [4.69, 9.17) is 16.6 Å². The van der Waals surface area contributed by atoms with Gasteiger partial charge in [0, 0.05) is 31.8 Å². The maximum Gasteiger partial charge on any atom is 0.267 e. The Hall–Kier alpha value is -1.23. The number of rotatable bonds is 3. The quantitative estimate of drug-likeness (QED) is 0.554. The summed E-state index contributed by atoms with van der Waals surface area (Å²) in [4.78, 5) is 13.2. The Labute approximate surface area is 83.3 Å². The van der Waals surface area contributed by atoms with Crippen LogP contribution in [0.5, 0.6) is 0 Å². The number of hydrogen-bond donors (Lipinski definition) is 3. The monoisotopic (exact) mass is 196 g/mol. The van der Waals surface area contributed by atoms with E-state index in [9.17, 15) is 4.79 Å². The minimum absolute atomic E-state index is 0.00419. The second-order valence-electron chi connectivity index (χ2n) is 3.52. The van der Waals surface area contributed by atoms with E-state index in [2.05, 4.69) is 0 Å². The molecule has 0 saturated carbocycles. The average molecular weight is 196 g/mol. The molecule has 1 heterocycles. The van der Waals surface area contributed by atoms with Crippen molar-refractivity contribution in [2.24, 2.45) is 5.73 Å². The van der Waals surface area contributed by atoms with E-state index in [0.717, 1.165) is 19.1 Å². The number of carbonyl (C=O) groups excluding carboxylic acids is 1. The fraction of sp³-hybridized carbons (Fsp3) is 0.667. The molecule has 78 valence electrons. The normalized spacial score (nSPS) is 17.9. The maximum absolute atomic E-state index is 11.6. The summed E-state index contributed by atoms with van der Waals surface area (Å²) >= 11 is 0. The average Bonchev–Trinajstić information content (AvgIpc) is 2.18. The number of nitrogens with two attached hydrogens (primary N) is 1. The van der Waals surface area contributed by atoms with Gasteiger partial charge >= 0.3 is 0 Å². The lowest BCUT2D eigenvalue weighted by atomic mass is 10.1. The molecule has 0 radical (unpaired) electrons. The van der Waals surface area contributed by atoms with Gasteiger partial charge in [-0.05, 0) is 12.8 Å². The number of nitrogens with one attached hydrogen (secondary N) is 2. The lowest BCUT2D eigenvalue weighted by molar-refractivity contribution is -0.125. The molecule has 14 heavy (non-hydrogen) atoms. The van der Waals surface area contributed by atoms with Crippen LogP contribution < -0.4 is 5.73 Å². The molecule has 1 amide bonds. The number of amides is 1. The summed E-state index contributed by atoms with van der Waals surface area (Å²) in [7, 11) is 0. The summed E-state index contributed by atoms with van der Waals surface area (Å²) in [5.41, 5.74) is 5.70. The number of hydrogen-bond acceptors (Lipinski definition) is 4.